The number of benzene rings is 1. The average Bonchev–Trinajstić information content (AvgIpc) is 2.94. The molecule has 1 aliphatic rings. The van der Waals surface area contributed by atoms with Crippen molar-refractivity contribution in [2.24, 2.45) is 0 Å². The van der Waals surface area contributed by atoms with Gasteiger partial charge in [0.1, 0.15) is 0 Å². The fourth-order valence-corrected chi connectivity index (χ4v) is 2.80. The lowest BCUT2D eigenvalue weighted by molar-refractivity contribution is -0.136. The van der Waals surface area contributed by atoms with E-state index in [-0.39, 0.29) is 18.5 Å². The maximum atomic E-state index is 12.9. The van der Waals surface area contributed by atoms with Gasteiger partial charge >= 0.3 is 0 Å². The third kappa shape index (κ3) is 4.80. The standard InChI is InChI=1S/C16H20ClF2N3O2/c1-16(18,19)8-14(23)22-6-5-11(9-22)21-15(24)12-7-10(20-2)3-4-13(12)17/h3-4,7,11,20H,5-6,8-9H2,1-2H3,(H,21,24)/t11-/m1/s1. The van der Waals surface area contributed by atoms with Crippen molar-refractivity contribution >= 4 is 29.1 Å². The molecule has 1 saturated heterocycles. The van der Waals surface area contributed by atoms with Crippen molar-refractivity contribution in [1.29, 1.82) is 0 Å². The summed E-state index contributed by atoms with van der Waals surface area (Å²) >= 11 is 6.05. The van der Waals surface area contributed by atoms with Gasteiger partial charge in [0.05, 0.1) is 17.0 Å². The summed E-state index contributed by atoms with van der Waals surface area (Å²) in [5, 5.41) is 6.05. The Morgan fingerprint density at radius 2 is 2.12 bits per heavy atom. The number of hydrogen-bond acceptors (Lipinski definition) is 3. The molecular formula is C16H20ClF2N3O2. The molecule has 1 fully saturated rings. The first-order valence-corrected chi connectivity index (χ1v) is 8.01. The maximum absolute atomic E-state index is 12.9. The number of amides is 2. The van der Waals surface area contributed by atoms with Gasteiger partial charge in [-0.2, -0.15) is 0 Å². The number of halogens is 3. The fraction of sp³-hybridized carbons (Fsp3) is 0.500. The minimum atomic E-state index is -3.03. The lowest BCUT2D eigenvalue weighted by Gasteiger charge is -2.19. The molecular weight excluding hydrogens is 340 g/mol. The van der Waals surface area contributed by atoms with Crippen LogP contribution in [0, 0.1) is 0 Å². The summed E-state index contributed by atoms with van der Waals surface area (Å²) in [6.07, 6.45) is -0.292. The van der Waals surface area contributed by atoms with Crippen LogP contribution in [0.4, 0.5) is 14.5 Å². The number of likely N-dealkylation sites (tertiary alicyclic amines) is 1. The van der Waals surface area contributed by atoms with Crippen LogP contribution in [-0.4, -0.2) is 48.8 Å². The third-order valence-electron chi connectivity index (χ3n) is 3.84. The van der Waals surface area contributed by atoms with Crippen LogP contribution >= 0.6 is 11.6 Å². The number of nitrogens with zero attached hydrogens (tertiary/aromatic N) is 1. The number of carbonyl (C=O) groups excluding carboxylic acids is 2. The fourth-order valence-electron chi connectivity index (χ4n) is 2.60. The van der Waals surface area contributed by atoms with Crippen LogP contribution in [0.1, 0.15) is 30.1 Å². The van der Waals surface area contributed by atoms with E-state index >= 15 is 0 Å². The van der Waals surface area contributed by atoms with Crippen LogP contribution in [0.15, 0.2) is 18.2 Å². The number of hydrogen-bond donors (Lipinski definition) is 2. The highest BCUT2D eigenvalue weighted by atomic mass is 35.5. The molecule has 0 bridgehead atoms. The molecule has 0 radical (unpaired) electrons. The molecule has 2 rings (SSSR count). The Bertz CT molecular complexity index is 634. The van der Waals surface area contributed by atoms with Crippen LogP contribution in [0.25, 0.3) is 0 Å². The van der Waals surface area contributed by atoms with E-state index in [4.69, 9.17) is 11.6 Å². The molecule has 2 N–H and O–H groups in total. The van der Waals surface area contributed by atoms with Gasteiger partial charge in [0.15, 0.2) is 0 Å². The Labute approximate surface area is 144 Å². The largest absolute Gasteiger partial charge is 0.388 e. The molecule has 8 heteroatoms. The van der Waals surface area contributed by atoms with Crippen molar-refractivity contribution in [2.45, 2.75) is 31.7 Å². The summed E-state index contributed by atoms with van der Waals surface area (Å²) < 4.78 is 25.9. The quantitative estimate of drug-likeness (QED) is 0.849. The van der Waals surface area contributed by atoms with E-state index < -0.39 is 18.3 Å². The zero-order chi connectivity index (χ0) is 17.9. The second-order valence-corrected chi connectivity index (χ2v) is 6.40. The van der Waals surface area contributed by atoms with Gasteiger partial charge in [0.25, 0.3) is 11.8 Å². The zero-order valence-corrected chi connectivity index (χ0v) is 14.3. The molecule has 2 amide bonds. The van der Waals surface area contributed by atoms with Crippen LogP contribution in [0.2, 0.25) is 5.02 Å². The van der Waals surface area contributed by atoms with Crippen molar-refractivity contribution in [1.82, 2.24) is 10.2 Å². The lowest BCUT2D eigenvalue weighted by atomic mass is 10.1. The number of nitrogens with one attached hydrogen (secondary N) is 2. The summed E-state index contributed by atoms with van der Waals surface area (Å²) in [7, 11) is 1.73. The van der Waals surface area contributed by atoms with E-state index in [2.05, 4.69) is 10.6 Å². The first-order valence-electron chi connectivity index (χ1n) is 7.63. The third-order valence-corrected chi connectivity index (χ3v) is 4.17. The summed E-state index contributed by atoms with van der Waals surface area (Å²) in [6, 6.07) is 4.73. The van der Waals surface area contributed by atoms with Gasteiger partial charge in [0, 0.05) is 31.9 Å². The van der Waals surface area contributed by atoms with Crippen molar-refractivity contribution in [3.05, 3.63) is 28.8 Å². The Morgan fingerprint density at radius 1 is 1.42 bits per heavy atom. The summed E-state index contributed by atoms with van der Waals surface area (Å²) in [5.41, 5.74) is 1.08. The van der Waals surface area contributed by atoms with Crippen LogP contribution in [0.5, 0.6) is 0 Å². The Hall–Kier alpha value is -1.89. The number of rotatable bonds is 5. The van der Waals surface area contributed by atoms with Gasteiger partial charge in [-0.05, 0) is 31.5 Å². The van der Waals surface area contributed by atoms with Gasteiger partial charge in [0.2, 0.25) is 5.91 Å². The van der Waals surface area contributed by atoms with Crippen LogP contribution in [-0.2, 0) is 4.79 Å². The average molecular weight is 360 g/mol. The smallest absolute Gasteiger partial charge is 0.254 e. The number of carbonyl (C=O) groups is 2. The van der Waals surface area contributed by atoms with Crippen molar-refractivity contribution in [3.63, 3.8) is 0 Å². The van der Waals surface area contributed by atoms with E-state index in [1.54, 1.807) is 25.2 Å². The SMILES string of the molecule is CNc1ccc(Cl)c(C(=O)N[C@@H]2CCN(C(=O)CC(C)(F)F)C2)c1. The monoisotopic (exact) mass is 359 g/mol. The first-order chi connectivity index (χ1) is 11.2. The minimum absolute atomic E-state index is 0.226. The van der Waals surface area contributed by atoms with Gasteiger partial charge in [-0.15, -0.1) is 0 Å². The minimum Gasteiger partial charge on any atom is -0.388 e. The van der Waals surface area contributed by atoms with E-state index in [0.29, 0.717) is 23.6 Å². The molecule has 0 spiro atoms. The van der Waals surface area contributed by atoms with E-state index in [9.17, 15) is 18.4 Å². The molecule has 132 valence electrons. The maximum Gasteiger partial charge on any atom is 0.254 e. The molecule has 5 nitrogen and oxygen atoms in total. The Morgan fingerprint density at radius 3 is 2.75 bits per heavy atom. The topological polar surface area (TPSA) is 61.4 Å². The highest BCUT2D eigenvalue weighted by Crippen LogP contribution is 2.22. The molecule has 1 heterocycles. The van der Waals surface area contributed by atoms with Gasteiger partial charge in [-0.1, -0.05) is 11.6 Å². The van der Waals surface area contributed by atoms with E-state index in [1.807, 2.05) is 0 Å². The molecule has 24 heavy (non-hydrogen) atoms. The summed E-state index contributed by atoms with van der Waals surface area (Å²) in [6.45, 7) is 1.30. The van der Waals surface area contributed by atoms with Crippen molar-refractivity contribution < 1.29 is 18.4 Å². The normalized spacial score (nSPS) is 17.7. The summed E-state index contributed by atoms with van der Waals surface area (Å²) in [5.74, 6) is -3.98. The van der Waals surface area contributed by atoms with Gasteiger partial charge in [-0.3, -0.25) is 9.59 Å². The van der Waals surface area contributed by atoms with Crippen molar-refractivity contribution in [2.75, 3.05) is 25.5 Å². The van der Waals surface area contributed by atoms with Crippen molar-refractivity contribution in [3.8, 4) is 0 Å². The number of alkyl halides is 2. The molecule has 0 unspecified atom stereocenters. The molecule has 1 aliphatic heterocycles. The first kappa shape index (κ1) is 18.4. The highest BCUT2D eigenvalue weighted by molar-refractivity contribution is 6.34. The molecule has 1 aromatic carbocycles. The predicted molar refractivity (Wildman–Crippen MR) is 88.7 cm³/mol. The van der Waals surface area contributed by atoms with Crippen LogP contribution in [0.3, 0.4) is 0 Å². The van der Waals surface area contributed by atoms with E-state index in [0.717, 1.165) is 12.6 Å². The molecule has 0 saturated carbocycles. The lowest BCUT2D eigenvalue weighted by Crippen LogP contribution is -2.39. The van der Waals surface area contributed by atoms with Gasteiger partial charge < -0.3 is 15.5 Å². The van der Waals surface area contributed by atoms with Crippen LogP contribution < -0.4 is 10.6 Å². The number of anilines is 1. The molecule has 1 atom stereocenters. The molecule has 0 aliphatic carbocycles. The molecule has 1 aromatic rings. The second-order valence-electron chi connectivity index (χ2n) is 5.99. The molecule has 0 aromatic heterocycles. The van der Waals surface area contributed by atoms with Gasteiger partial charge in [-0.25, -0.2) is 8.78 Å². The Balaban J connectivity index is 1.96. The highest BCUT2D eigenvalue weighted by Gasteiger charge is 2.33. The summed E-state index contributed by atoms with van der Waals surface area (Å²) in [4.78, 5) is 25.5. The zero-order valence-electron chi connectivity index (χ0n) is 13.5. The van der Waals surface area contributed by atoms with E-state index in [1.165, 1.54) is 4.90 Å². The predicted octanol–water partition coefficient (Wildman–Crippen LogP) is 2.76. The second kappa shape index (κ2) is 7.34. The Kier molecular flexibility index (Phi) is 5.64.